The van der Waals surface area contributed by atoms with Crippen LogP contribution in [0.4, 0.5) is 0 Å². The van der Waals surface area contributed by atoms with Gasteiger partial charge in [0.25, 0.3) is 5.56 Å². The highest BCUT2D eigenvalue weighted by atomic mass is 16.5. The Balaban J connectivity index is 2.62. The maximum absolute atomic E-state index is 11.4. The zero-order chi connectivity index (χ0) is 12.8. The second kappa shape index (κ2) is 5.93. The van der Waals surface area contributed by atoms with Crippen molar-refractivity contribution in [1.29, 1.82) is 0 Å². The molecule has 0 N–H and O–H groups in total. The number of carbonyl (C=O) groups excluding carboxylic acids is 2. The Morgan fingerprint density at radius 1 is 1.47 bits per heavy atom. The van der Waals surface area contributed by atoms with Gasteiger partial charge in [0.15, 0.2) is 5.78 Å². The van der Waals surface area contributed by atoms with Gasteiger partial charge in [-0.05, 0) is 19.4 Å². The number of ketones is 1. The highest BCUT2D eigenvalue weighted by Crippen LogP contribution is 1.92. The Kier molecular flexibility index (Phi) is 4.56. The molecular formula is C11H14N2O4. The van der Waals surface area contributed by atoms with Gasteiger partial charge in [0, 0.05) is 6.07 Å². The minimum Gasteiger partial charge on any atom is -0.466 e. The Labute approximate surface area is 98.2 Å². The summed E-state index contributed by atoms with van der Waals surface area (Å²) in [6.07, 6.45) is 1.15. The van der Waals surface area contributed by atoms with E-state index in [1.165, 1.54) is 12.3 Å². The van der Waals surface area contributed by atoms with E-state index in [0.29, 0.717) is 0 Å². The van der Waals surface area contributed by atoms with Crippen molar-refractivity contribution in [3.8, 4) is 0 Å². The molecule has 6 nitrogen and oxygen atoms in total. The molecule has 17 heavy (non-hydrogen) atoms. The molecule has 0 aliphatic heterocycles. The summed E-state index contributed by atoms with van der Waals surface area (Å²) in [5, 5.41) is 3.80. The van der Waals surface area contributed by atoms with Gasteiger partial charge in [-0.25, -0.2) is 4.68 Å². The molecule has 0 unspecified atom stereocenters. The van der Waals surface area contributed by atoms with Crippen LogP contribution in [-0.4, -0.2) is 28.1 Å². The summed E-state index contributed by atoms with van der Waals surface area (Å²) in [5.41, 5.74) is 0.367. The number of aryl methyl sites for hydroxylation is 1. The van der Waals surface area contributed by atoms with Gasteiger partial charge in [-0.1, -0.05) is 0 Å². The third kappa shape index (κ3) is 4.18. The van der Waals surface area contributed by atoms with E-state index in [-0.39, 0.29) is 25.1 Å². The third-order valence-electron chi connectivity index (χ3n) is 1.98. The molecule has 1 rings (SSSR count). The van der Waals surface area contributed by atoms with Crippen LogP contribution in [0.1, 0.15) is 18.9 Å². The first-order chi connectivity index (χ1) is 8.02. The lowest BCUT2D eigenvalue weighted by atomic mass is 10.3. The van der Waals surface area contributed by atoms with Crippen LogP contribution in [0.5, 0.6) is 0 Å². The molecule has 0 aromatic carbocycles. The summed E-state index contributed by atoms with van der Waals surface area (Å²) in [6, 6.07) is 1.38. The van der Waals surface area contributed by atoms with Crippen molar-refractivity contribution in [3.63, 3.8) is 0 Å². The first kappa shape index (κ1) is 13.1. The Hall–Kier alpha value is -1.98. The van der Waals surface area contributed by atoms with Crippen LogP contribution < -0.4 is 5.56 Å². The maximum atomic E-state index is 11.4. The number of hydrogen-bond acceptors (Lipinski definition) is 5. The van der Waals surface area contributed by atoms with Crippen LogP contribution in [0.2, 0.25) is 0 Å². The molecule has 0 aliphatic rings. The van der Waals surface area contributed by atoms with Crippen molar-refractivity contribution in [1.82, 2.24) is 9.78 Å². The summed E-state index contributed by atoms with van der Waals surface area (Å²) < 4.78 is 5.65. The normalized spacial score (nSPS) is 10.0. The van der Waals surface area contributed by atoms with E-state index in [9.17, 15) is 14.4 Å². The fourth-order valence-electron chi connectivity index (χ4n) is 1.24. The van der Waals surface area contributed by atoms with E-state index in [1.807, 2.05) is 0 Å². The van der Waals surface area contributed by atoms with Gasteiger partial charge in [-0.2, -0.15) is 5.10 Å². The quantitative estimate of drug-likeness (QED) is 0.536. The van der Waals surface area contributed by atoms with Crippen LogP contribution in [0.15, 0.2) is 17.1 Å². The molecular weight excluding hydrogens is 224 g/mol. The summed E-state index contributed by atoms with van der Waals surface area (Å²) in [7, 11) is 0. The highest BCUT2D eigenvalue weighted by Gasteiger charge is 2.12. The molecule has 1 aromatic rings. The number of ether oxygens (including phenoxy) is 1. The van der Waals surface area contributed by atoms with E-state index >= 15 is 0 Å². The van der Waals surface area contributed by atoms with E-state index in [1.54, 1.807) is 13.8 Å². The van der Waals surface area contributed by atoms with Gasteiger partial charge in [0.2, 0.25) is 0 Å². The Morgan fingerprint density at radius 3 is 2.76 bits per heavy atom. The number of nitrogens with zero attached hydrogens (tertiary/aromatic N) is 2. The molecule has 0 saturated carbocycles. The molecule has 0 aliphatic carbocycles. The standard InChI is InChI=1S/C11H14N2O4/c1-3-17-11(16)5-9(14)7-13-10(15)4-8(2)6-12-13/h4,6H,3,5,7H2,1-2H3. The summed E-state index contributed by atoms with van der Waals surface area (Å²) in [4.78, 5) is 33.9. The first-order valence-corrected chi connectivity index (χ1v) is 5.24. The molecule has 0 fully saturated rings. The SMILES string of the molecule is CCOC(=O)CC(=O)Cn1ncc(C)cc1=O. The predicted molar refractivity (Wildman–Crippen MR) is 59.5 cm³/mol. The Bertz CT molecular complexity index is 479. The van der Waals surface area contributed by atoms with Crippen molar-refractivity contribution >= 4 is 11.8 Å². The summed E-state index contributed by atoms with van der Waals surface area (Å²) in [6.45, 7) is 3.42. The van der Waals surface area contributed by atoms with Crippen molar-refractivity contribution in [2.45, 2.75) is 26.8 Å². The molecule has 1 aromatic heterocycles. The molecule has 0 amide bonds. The van der Waals surface area contributed by atoms with Crippen molar-refractivity contribution in [2.24, 2.45) is 0 Å². The van der Waals surface area contributed by atoms with Gasteiger partial charge in [0.1, 0.15) is 13.0 Å². The summed E-state index contributed by atoms with van der Waals surface area (Å²) in [5.74, 6) is -0.987. The maximum Gasteiger partial charge on any atom is 0.313 e. The summed E-state index contributed by atoms with van der Waals surface area (Å²) >= 11 is 0. The molecule has 6 heteroatoms. The lowest BCUT2D eigenvalue weighted by Gasteiger charge is -2.03. The average Bonchev–Trinajstić information content (AvgIpc) is 2.22. The first-order valence-electron chi connectivity index (χ1n) is 5.24. The number of hydrogen-bond donors (Lipinski definition) is 0. The lowest BCUT2D eigenvalue weighted by Crippen LogP contribution is -2.27. The number of rotatable bonds is 5. The smallest absolute Gasteiger partial charge is 0.313 e. The van der Waals surface area contributed by atoms with Gasteiger partial charge in [-0.3, -0.25) is 14.4 Å². The zero-order valence-electron chi connectivity index (χ0n) is 9.80. The fraction of sp³-hybridized carbons (Fsp3) is 0.455. The van der Waals surface area contributed by atoms with E-state index in [0.717, 1.165) is 10.2 Å². The van der Waals surface area contributed by atoms with E-state index in [4.69, 9.17) is 0 Å². The van der Waals surface area contributed by atoms with Crippen molar-refractivity contribution < 1.29 is 14.3 Å². The van der Waals surface area contributed by atoms with Crippen LogP contribution in [0, 0.1) is 6.92 Å². The molecule has 0 spiro atoms. The third-order valence-corrected chi connectivity index (χ3v) is 1.98. The minimum atomic E-state index is -0.585. The average molecular weight is 238 g/mol. The van der Waals surface area contributed by atoms with Crippen LogP contribution in [0.25, 0.3) is 0 Å². The molecule has 0 atom stereocenters. The van der Waals surface area contributed by atoms with Gasteiger partial charge >= 0.3 is 5.97 Å². The molecule has 0 saturated heterocycles. The Morgan fingerprint density at radius 2 is 2.18 bits per heavy atom. The van der Waals surface area contributed by atoms with Crippen LogP contribution in [0.3, 0.4) is 0 Å². The van der Waals surface area contributed by atoms with Gasteiger partial charge in [-0.15, -0.1) is 0 Å². The van der Waals surface area contributed by atoms with Gasteiger partial charge in [0.05, 0.1) is 12.8 Å². The van der Waals surface area contributed by atoms with E-state index in [2.05, 4.69) is 9.84 Å². The monoisotopic (exact) mass is 238 g/mol. The van der Waals surface area contributed by atoms with Crippen molar-refractivity contribution in [2.75, 3.05) is 6.61 Å². The van der Waals surface area contributed by atoms with E-state index < -0.39 is 11.8 Å². The zero-order valence-corrected chi connectivity index (χ0v) is 9.80. The molecule has 1 heterocycles. The predicted octanol–water partition coefficient (Wildman–Crippen LogP) is 0.0740. The van der Waals surface area contributed by atoms with Gasteiger partial charge < -0.3 is 4.74 Å². The number of esters is 1. The minimum absolute atomic E-state index is 0.210. The number of Topliss-reactive ketones (excluding diaryl/α,β-unsaturated/α-hetero) is 1. The molecule has 0 bridgehead atoms. The topological polar surface area (TPSA) is 78.3 Å². The van der Waals surface area contributed by atoms with Crippen LogP contribution >= 0.6 is 0 Å². The molecule has 0 radical (unpaired) electrons. The fourth-order valence-corrected chi connectivity index (χ4v) is 1.24. The van der Waals surface area contributed by atoms with Crippen molar-refractivity contribution in [3.05, 3.63) is 28.2 Å². The van der Waals surface area contributed by atoms with Crippen LogP contribution in [-0.2, 0) is 20.9 Å². The second-order valence-electron chi connectivity index (χ2n) is 3.55. The highest BCUT2D eigenvalue weighted by molar-refractivity contribution is 5.95. The largest absolute Gasteiger partial charge is 0.466 e. The molecule has 92 valence electrons. The second-order valence-corrected chi connectivity index (χ2v) is 3.55. The lowest BCUT2D eigenvalue weighted by molar-refractivity contribution is -0.145. The number of carbonyl (C=O) groups is 2. The number of aromatic nitrogens is 2.